The predicted octanol–water partition coefficient (Wildman–Crippen LogP) is 4.95. The lowest BCUT2D eigenvalue weighted by atomic mass is 10.2. The lowest BCUT2D eigenvalue weighted by molar-refractivity contribution is 0.103. The fraction of sp³-hybridized carbons (Fsp3) is 0.0625. The summed E-state index contributed by atoms with van der Waals surface area (Å²) in [7, 11) is 1.52. The third-order valence-corrected chi connectivity index (χ3v) is 4.54. The predicted molar refractivity (Wildman–Crippen MR) is 87.7 cm³/mol. The second-order valence-corrected chi connectivity index (χ2v) is 6.06. The van der Waals surface area contributed by atoms with Gasteiger partial charge in [0.05, 0.1) is 17.0 Å². The first-order chi connectivity index (χ1) is 10.6. The average Bonchev–Trinajstić information content (AvgIpc) is 2.93. The first-order valence-electron chi connectivity index (χ1n) is 6.41. The van der Waals surface area contributed by atoms with Gasteiger partial charge in [-0.1, -0.05) is 17.7 Å². The molecular weight excluding hydrogens is 325 g/mol. The zero-order chi connectivity index (χ0) is 15.7. The number of rotatable bonds is 3. The molecule has 3 aromatic rings. The summed E-state index contributed by atoms with van der Waals surface area (Å²) in [4.78, 5) is 12.7. The Morgan fingerprint density at radius 1 is 1.27 bits per heavy atom. The molecule has 0 fully saturated rings. The van der Waals surface area contributed by atoms with Gasteiger partial charge in [-0.3, -0.25) is 4.79 Å². The topological polar surface area (TPSA) is 38.3 Å². The van der Waals surface area contributed by atoms with E-state index in [0.29, 0.717) is 26.7 Å². The van der Waals surface area contributed by atoms with Crippen molar-refractivity contribution in [3.63, 3.8) is 0 Å². The second-order valence-electron chi connectivity index (χ2n) is 4.57. The number of nitrogens with one attached hydrogen (secondary N) is 1. The van der Waals surface area contributed by atoms with E-state index < -0.39 is 0 Å². The molecule has 22 heavy (non-hydrogen) atoms. The van der Waals surface area contributed by atoms with Crippen molar-refractivity contribution in [2.75, 3.05) is 12.4 Å². The molecule has 0 atom stereocenters. The Kier molecular flexibility index (Phi) is 4.00. The highest BCUT2D eigenvalue weighted by Gasteiger charge is 2.13. The maximum atomic E-state index is 13.7. The minimum Gasteiger partial charge on any atom is -0.495 e. The Balaban J connectivity index is 1.87. The van der Waals surface area contributed by atoms with Gasteiger partial charge in [0.15, 0.2) is 0 Å². The molecule has 6 heteroatoms. The van der Waals surface area contributed by atoms with Gasteiger partial charge in [0, 0.05) is 15.8 Å². The number of anilines is 1. The molecule has 1 amide bonds. The number of hydrogen-bond acceptors (Lipinski definition) is 3. The van der Waals surface area contributed by atoms with Crippen molar-refractivity contribution in [2.24, 2.45) is 0 Å². The number of carbonyl (C=O) groups is 1. The molecule has 0 aliphatic carbocycles. The molecule has 112 valence electrons. The van der Waals surface area contributed by atoms with Crippen molar-refractivity contribution in [3.8, 4) is 5.75 Å². The van der Waals surface area contributed by atoms with Crippen LogP contribution in [0.4, 0.5) is 10.1 Å². The minimum atomic E-state index is -0.333. The molecule has 0 unspecified atom stereocenters. The van der Waals surface area contributed by atoms with Crippen molar-refractivity contribution < 1.29 is 13.9 Å². The lowest BCUT2D eigenvalue weighted by Gasteiger charge is -2.07. The van der Waals surface area contributed by atoms with Crippen molar-refractivity contribution >= 4 is 44.6 Å². The SMILES string of the molecule is COc1ccc(NC(=O)c2cc3c(F)cccc3s2)cc1Cl. The van der Waals surface area contributed by atoms with Crippen molar-refractivity contribution in [1.82, 2.24) is 0 Å². The molecule has 0 spiro atoms. The van der Waals surface area contributed by atoms with Crippen molar-refractivity contribution in [2.45, 2.75) is 0 Å². The van der Waals surface area contributed by atoms with E-state index in [1.807, 2.05) is 0 Å². The van der Waals surface area contributed by atoms with Gasteiger partial charge in [0.1, 0.15) is 11.6 Å². The van der Waals surface area contributed by atoms with Crippen LogP contribution < -0.4 is 10.1 Å². The van der Waals surface area contributed by atoms with E-state index in [1.54, 1.807) is 36.4 Å². The smallest absolute Gasteiger partial charge is 0.265 e. The molecule has 2 aromatic carbocycles. The summed E-state index contributed by atoms with van der Waals surface area (Å²) in [5.41, 5.74) is 0.550. The first kappa shape index (κ1) is 14.8. The first-order valence-corrected chi connectivity index (χ1v) is 7.61. The summed E-state index contributed by atoms with van der Waals surface area (Å²) in [6.07, 6.45) is 0. The van der Waals surface area contributed by atoms with Crippen LogP contribution in [0.5, 0.6) is 5.75 Å². The standard InChI is InChI=1S/C16H11ClFNO2S/c1-21-13-6-5-9(7-11(13)17)19-16(20)15-8-10-12(18)3-2-4-14(10)22-15/h2-8H,1H3,(H,19,20). The largest absolute Gasteiger partial charge is 0.495 e. The third-order valence-electron chi connectivity index (χ3n) is 3.14. The molecule has 0 aliphatic heterocycles. The van der Waals surface area contributed by atoms with E-state index in [-0.39, 0.29) is 11.7 Å². The molecule has 0 radical (unpaired) electrons. The Morgan fingerprint density at radius 2 is 2.09 bits per heavy atom. The quantitative estimate of drug-likeness (QED) is 0.735. The highest BCUT2D eigenvalue weighted by molar-refractivity contribution is 7.20. The molecule has 3 rings (SSSR count). The average molecular weight is 336 g/mol. The van der Waals surface area contributed by atoms with Crippen LogP contribution in [-0.2, 0) is 0 Å². The van der Waals surface area contributed by atoms with Gasteiger partial charge in [0.25, 0.3) is 5.91 Å². The maximum absolute atomic E-state index is 13.7. The maximum Gasteiger partial charge on any atom is 0.265 e. The number of halogens is 2. The van der Waals surface area contributed by atoms with Crippen LogP contribution in [0.3, 0.4) is 0 Å². The monoisotopic (exact) mass is 335 g/mol. The molecule has 1 heterocycles. The Labute approximate surface area is 135 Å². The summed E-state index contributed by atoms with van der Waals surface area (Å²) >= 11 is 7.26. The number of fused-ring (bicyclic) bond motifs is 1. The van der Waals surface area contributed by atoms with Crippen LogP contribution in [-0.4, -0.2) is 13.0 Å². The molecule has 0 saturated heterocycles. The van der Waals surface area contributed by atoms with E-state index in [9.17, 15) is 9.18 Å². The fourth-order valence-electron chi connectivity index (χ4n) is 2.07. The summed E-state index contributed by atoms with van der Waals surface area (Å²) < 4.78 is 19.5. The zero-order valence-corrected chi connectivity index (χ0v) is 13.1. The molecular formula is C16H11ClFNO2S. The van der Waals surface area contributed by atoms with Crippen LogP contribution in [0.25, 0.3) is 10.1 Å². The fourth-order valence-corrected chi connectivity index (χ4v) is 3.30. The van der Waals surface area contributed by atoms with Crippen LogP contribution in [0.1, 0.15) is 9.67 Å². The second kappa shape index (κ2) is 5.94. The summed E-state index contributed by atoms with van der Waals surface area (Å²) in [6.45, 7) is 0. The molecule has 3 nitrogen and oxygen atoms in total. The molecule has 0 bridgehead atoms. The normalized spacial score (nSPS) is 10.7. The van der Waals surface area contributed by atoms with Gasteiger partial charge < -0.3 is 10.1 Å². The van der Waals surface area contributed by atoms with Gasteiger partial charge in [0.2, 0.25) is 0 Å². The van der Waals surface area contributed by atoms with Crippen molar-refractivity contribution in [1.29, 1.82) is 0 Å². The highest BCUT2D eigenvalue weighted by Crippen LogP contribution is 2.30. The number of methoxy groups -OCH3 is 1. The number of amides is 1. The van der Waals surface area contributed by atoms with E-state index in [0.717, 1.165) is 4.70 Å². The Hall–Kier alpha value is -2.11. The van der Waals surface area contributed by atoms with E-state index >= 15 is 0 Å². The highest BCUT2D eigenvalue weighted by atomic mass is 35.5. The van der Waals surface area contributed by atoms with Crippen LogP contribution in [0, 0.1) is 5.82 Å². The number of benzene rings is 2. The number of carbonyl (C=O) groups excluding carboxylic acids is 1. The van der Waals surface area contributed by atoms with Crippen LogP contribution in [0.15, 0.2) is 42.5 Å². The summed E-state index contributed by atoms with van der Waals surface area (Å²) in [5, 5.41) is 3.59. The Morgan fingerprint density at radius 3 is 2.77 bits per heavy atom. The minimum absolute atomic E-state index is 0.304. The van der Waals surface area contributed by atoms with E-state index in [1.165, 1.54) is 24.5 Å². The van der Waals surface area contributed by atoms with Gasteiger partial charge in [-0.25, -0.2) is 4.39 Å². The van der Waals surface area contributed by atoms with Gasteiger partial charge in [-0.2, -0.15) is 0 Å². The Bertz CT molecular complexity index is 862. The zero-order valence-electron chi connectivity index (χ0n) is 11.5. The van der Waals surface area contributed by atoms with E-state index in [4.69, 9.17) is 16.3 Å². The molecule has 1 aromatic heterocycles. The summed E-state index contributed by atoms with van der Waals surface area (Å²) in [6, 6.07) is 11.3. The molecule has 0 aliphatic rings. The number of ether oxygens (including phenoxy) is 1. The van der Waals surface area contributed by atoms with Gasteiger partial charge in [-0.05, 0) is 36.4 Å². The van der Waals surface area contributed by atoms with Crippen LogP contribution in [0.2, 0.25) is 5.02 Å². The lowest BCUT2D eigenvalue weighted by Crippen LogP contribution is -2.10. The number of thiophene rings is 1. The number of hydrogen-bond donors (Lipinski definition) is 1. The van der Waals surface area contributed by atoms with Crippen molar-refractivity contribution in [3.05, 3.63) is 58.2 Å². The third kappa shape index (κ3) is 2.77. The van der Waals surface area contributed by atoms with Crippen LogP contribution >= 0.6 is 22.9 Å². The van der Waals surface area contributed by atoms with Gasteiger partial charge >= 0.3 is 0 Å². The summed E-state index contributed by atoms with van der Waals surface area (Å²) in [5.74, 6) is -0.106. The molecule has 1 N–H and O–H groups in total. The van der Waals surface area contributed by atoms with E-state index in [2.05, 4.69) is 5.32 Å². The molecule has 0 saturated carbocycles. The van der Waals surface area contributed by atoms with Gasteiger partial charge in [-0.15, -0.1) is 11.3 Å².